The maximum absolute atomic E-state index is 11.7. The Bertz CT molecular complexity index is 297. The highest BCUT2D eigenvalue weighted by Gasteiger charge is 2.52. The first-order valence-corrected chi connectivity index (χ1v) is 5.21. The SMILES string of the molecule is COC(=O)C[C@@]1(C(=O)OC)CCC(C)(C)O1. The molecule has 16 heavy (non-hydrogen) atoms. The lowest BCUT2D eigenvalue weighted by molar-refractivity contribution is -0.180. The van der Waals surface area contributed by atoms with Gasteiger partial charge >= 0.3 is 11.9 Å². The second-order valence-corrected chi connectivity index (χ2v) is 4.60. The first-order chi connectivity index (χ1) is 7.35. The van der Waals surface area contributed by atoms with Crippen LogP contribution in [-0.2, 0) is 23.8 Å². The van der Waals surface area contributed by atoms with Gasteiger partial charge in [-0.2, -0.15) is 0 Å². The van der Waals surface area contributed by atoms with Crippen LogP contribution >= 0.6 is 0 Å². The molecule has 0 spiro atoms. The van der Waals surface area contributed by atoms with E-state index in [4.69, 9.17) is 9.47 Å². The van der Waals surface area contributed by atoms with Gasteiger partial charge in [-0.05, 0) is 26.7 Å². The van der Waals surface area contributed by atoms with Crippen molar-refractivity contribution >= 4 is 11.9 Å². The summed E-state index contributed by atoms with van der Waals surface area (Å²) in [6.07, 6.45) is 1.08. The molecule has 0 N–H and O–H groups in total. The smallest absolute Gasteiger partial charge is 0.338 e. The summed E-state index contributed by atoms with van der Waals surface area (Å²) in [6.45, 7) is 3.77. The van der Waals surface area contributed by atoms with Crippen LogP contribution in [0.4, 0.5) is 0 Å². The molecule has 1 aliphatic heterocycles. The van der Waals surface area contributed by atoms with Crippen LogP contribution in [0.1, 0.15) is 33.1 Å². The van der Waals surface area contributed by atoms with Crippen molar-refractivity contribution in [2.75, 3.05) is 14.2 Å². The van der Waals surface area contributed by atoms with Crippen LogP contribution in [0.25, 0.3) is 0 Å². The first-order valence-electron chi connectivity index (χ1n) is 5.21. The Morgan fingerprint density at radius 3 is 2.19 bits per heavy atom. The third kappa shape index (κ3) is 2.52. The highest BCUT2D eigenvalue weighted by molar-refractivity contribution is 5.86. The van der Waals surface area contributed by atoms with E-state index in [0.29, 0.717) is 12.8 Å². The monoisotopic (exact) mass is 230 g/mol. The number of rotatable bonds is 3. The van der Waals surface area contributed by atoms with Gasteiger partial charge in [0.05, 0.1) is 26.2 Å². The molecule has 92 valence electrons. The van der Waals surface area contributed by atoms with Crippen LogP contribution in [0.3, 0.4) is 0 Å². The summed E-state index contributed by atoms with van der Waals surface area (Å²) in [4.78, 5) is 23.0. The van der Waals surface area contributed by atoms with E-state index in [9.17, 15) is 9.59 Å². The molecule has 5 nitrogen and oxygen atoms in total. The molecule has 0 radical (unpaired) electrons. The van der Waals surface area contributed by atoms with Gasteiger partial charge in [0, 0.05) is 0 Å². The van der Waals surface area contributed by atoms with Crippen molar-refractivity contribution < 1.29 is 23.8 Å². The van der Waals surface area contributed by atoms with Crippen LogP contribution in [0.2, 0.25) is 0 Å². The Hall–Kier alpha value is -1.10. The molecule has 1 atom stereocenters. The predicted octanol–water partition coefficient (Wildman–Crippen LogP) is 1.05. The number of ether oxygens (including phenoxy) is 3. The zero-order valence-electron chi connectivity index (χ0n) is 10.2. The van der Waals surface area contributed by atoms with Gasteiger partial charge in [-0.1, -0.05) is 0 Å². The Labute approximate surface area is 95.0 Å². The molecule has 1 fully saturated rings. The van der Waals surface area contributed by atoms with Crippen LogP contribution in [0.15, 0.2) is 0 Å². The van der Waals surface area contributed by atoms with Crippen molar-refractivity contribution in [2.24, 2.45) is 0 Å². The van der Waals surface area contributed by atoms with Crippen molar-refractivity contribution in [3.05, 3.63) is 0 Å². The van der Waals surface area contributed by atoms with E-state index in [0.717, 1.165) is 0 Å². The molecule has 1 heterocycles. The lowest BCUT2D eigenvalue weighted by Gasteiger charge is -2.28. The van der Waals surface area contributed by atoms with E-state index in [2.05, 4.69) is 4.74 Å². The minimum Gasteiger partial charge on any atom is -0.469 e. The molecule has 5 heteroatoms. The summed E-state index contributed by atoms with van der Waals surface area (Å²) in [5.41, 5.74) is -1.59. The minimum atomic E-state index is -1.18. The quantitative estimate of drug-likeness (QED) is 0.678. The molecule has 0 aromatic heterocycles. The van der Waals surface area contributed by atoms with Crippen molar-refractivity contribution in [1.82, 2.24) is 0 Å². The van der Waals surface area contributed by atoms with E-state index in [-0.39, 0.29) is 6.42 Å². The van der Waals surface area contributed by atoms with Gasteiger partial charge in [-0.3, -0.25) is 4.79 Å². The molecular formula is C11H18O5. The minimum absolute atomic E-state index is 0.0976. The third-order valence-electron chi connectivity index (χ3n) is 2.82. The van der Waals surface area contributed by atoms with Gasteiger partial charge in [-0.15, -0.1) is 0 Å². The largest absolute Gasteiger partial charge is 0.469 e. The second kappa shape index (κ2) is 4.41. The molecule has 0 aliphatic carbocycles. The molecule has 1 saturated heterocycles. The lowest BCUT2D eigenvalue weighted by atomic mass is 9.94. The van der Waals surface area contributed by atoms with E-state index in [1.54, 1.807) is 0 Å². The van der Waals surface area contributed by atoms with E-state index >= 15 is 0 Å². The Morgan fingerprint density at radius 2 is 1.81 bits per heavy atom. The van der Waals surface area contributed by atoms with Gasteiger partial charge in [-0.25, -0.2) is 4.79 Å². The summed E-state index contributed by atoms with van der Waals surface area (Å²) in [5.74, 6) is -0.980. The normalized spacial score (nSPS) is 27.5. The number of hydrogen-bond acceptors (Lipinski definition) is 5. The summed E-state index contributed by atoms with van der Waals surface area (Å²) in [7, 11) is 2.57. The van der Waals surface area contributed by atoms with Gasteiger partial charge in [0.15, 0.2) is 5.60 Å². The second-order valence-electron chi connectivity index (χ2n) is 4.60. The fourth-order valence-corrected chi connectivity index (χ4v) is 1.97. The highest BCUT2D eigenvalue weighted by atomic mass is 16.6. The van der Waals surface area contributed by atoms with Crippen molar-refractivity contribution in [3.8, 4) is 0 Å². The van der Waals surface area contributed by atoms with E-state index in [1.165, 1.54) is 14.2 Å². The Morgan fingerprint density at radius 1 is 1.19 bits per heavy atom. The van der Waals surface area contributed by atoms with Crippen molar-refractivity contribution in [3.63, 3.8) is 0 Å². The number of carbonyl (C=O) groups excluding carboxylic acids is 2. The van der Waals surface area contributed by atoms with Crippen LogP contribution < -0.4 is 0 Å². The molecule has 0 unspecified atom stereocenters. The third-order valence-corrected chi connectivity index (χ3v) is 2.82. The highest BCUT2D eigenvalue weighted by Crippen LogP contribution is 2.40. The van der Waals surface area contributed by atoms with Gasteiger partial charge in [0.25, 0.3) is 0 Å². The Balaban J connectivity index is 2.87. The van der Waals surface area contributed by atoms with Crippen LogP contribution in [0.5, 0.6) is 0 Å². The van der Waals surface area contributed by atoms with Crippen molar-refractivity contribution in [2.45, 2.75) is 44.3 Å². The average molecular weight is 230 g/mol. The Kier molecular flexibility index (Phi) is 3.57. The molecular weight excluding hydrogens is 212 g/mol. The number of methoxy groups -OCH3 is 2. The number of esters is 2. The standard InChI is InChI=1S/C11H18O5/c1-10(2)5-6-11(16-10,9(13)15-4)7-8(12)14-3/h5-7H2,1-4H3/t11-/m1/s1. The first kappa shape index (κ1) is 13.0. The van der Waals surface area contributed by atoms with Gasteiger partial charge in [0.2, 0.25) is 0 Å². The zero-order chi connectivity index (χ0) is 12.4. The molecule has 0 aromatic carbocycles. The maximum atomic E-state index is 11.7. The number of carbonyl (C=O) groups is 2. The molecule has 1 aliphatic rings. The summed E-state index contributed by atoms with van der Waals surface area (Å²) >= 11 is 0. The average Bonchev–Trinajstić information content (AvgIpc) is 2.54. The number of hydrogen-bond donors (Lipinski definition) is 0. The van der Waals surface area contributed by atoms with Gasteiger partial charge in [0.1, 0.15) is 0 Å². The van der Waals surface area contributed by atoms with Crippen LogP contribution in [0, 0.1) is 0 Å². The molecule has 0 aromatic rings. The van der Waals surface area contributed by atoms with E-state index < -0.39 is 23.1 Å². The predicted molar refractivity (Wildman–Crippen MR) is 55.8 cm³/mol. The zero-order valence-corrected chi connectivity index (χ0v) is 10.2. The summed E-state index contributed by atoms with van der Waals surface area (Å²) < 4.78 is 15.0. The summed E-state index contributed by atoms with van der Waals surface area (Å²) in [6, 6.07) is 0. The topological polar surface area (TPSA) is 61.8 Å². The molecule has 0 bridgehead atoms. The molecule has 0 amide bonds. The lowest BCUT2D eigenvalue weighted by Crippen LogP contribution is -2.43. The molecule has 1 rings (SSSR count). The van der Waals surface area contributed by atoms with Crippen molar-refractivity contribution in [1.29, 1.82) is 0 Å². The molecule has 0 saturated carbocycles. The summed E-state index contributed by atoms with van der Waals surface area (Å²) in [5, 5.41) is 0. The fourth-order valence-electron chi connectivity index (χ4n) is 1.97. The fraction of sp³-hybridized carbons (Fsp3) is 0.818. The van der Waals surface area contributed by atoms with Crippen LogP contribution in [-0.4, -0.2) is 37.4 Å². The van der Waals surface area contributed by atoms with Gasteiger partial charge < -0.3 is 14.2 Å². The van der Waals surface area contributed by atoms with E-state index in [1.807, 2.05) is 13.8 Å². The maximum Gasteiger partial charge on any atom is 0.338 e.